The third-order valence-electron chi connectivity index (χ3n) is 2.15. The number of guanidine groups is 1. The Kier molecular flexibility index (Phi) is 5.97. The molecule has 0 aliphatic rings. The first kappa shape index (κ1) is 13.4. The molecule has 0 saturated heterocycles. The molecule has 0 aliphatic heterocycles. The first-order valence-corrected chi connectivity index (χ1v) is 5.34. The molecule has 1 rings (SSSR count). The van der Waals surface area contributed by atoms with Crippen LogP contribution in [0.1, 0.15) is 5.82 Å². The average Bonchev–Trinajstić information content (AvgIpc) is 2.73. The maximum Gasteiger partial charge on any atom is 0.205 e. The number of hydrazine groups is 1. The highest BCUT2D eigenvalue weighted by molar-refractivity contribution is 5.79. The van der Waals surface area contributed by atoms with E-state index in [1.165, 1.54) is 0 Å². The Bertz CT molecular complexity index is 349. The van der Waals surface area contributed by atoms with Crippen molar-refractivity contribution < 1.29 is 4.74 Å². The van der Waals surface area contributed by atoms with Crippen molar-refractivity contribution in [3.05, 3.63) is 12.2 Å². The maximum absolute atomic E-state index is 5.33. The summed E-state index contributed by atoms with van der Waals surface area (Å²) in [6, 6.07) is 0. The minimum atomic E-state index is 0.546. The molecule has 0 radical (unpaired) electrons. The lowest BCUT2D eigenvalue weighted by Gasteiger charge is -2.08. The van der Waals surface area contributed by atoms with Crippen LogP contribution < -0.4 is 16.6 Å². The highest BCUT2D eigenvalue weighted by atomic mass is 16.5. The number of nitrogens with two attached hydrogens (primary N) is 1. The number of hydrogen-bond donors (Lipinski definition) is 3. The summed E-state index contributed by atoms with van der Waals surface area (Å²) in [5.41, 5.74) is 2.50. The van der Waals surface area contributed by atoms with E-state index in [0.717, 1.165) is 12.2 Å². The van der Waals surface area contributed by atoms with Gasteiger partial charge in [0, 0.05) is 27.1 Å². The Balaban J connectivity index is 2.28. The van der Waals surface area contributed by atoms with Crippen LogP contribution in [0.15, 0.2) is 11.3 Å². The van der Waals surface area contributed by atoms with E-state index in [4.69, 9.17) is 10.6 Å². The van der Waals surface area contributed by atoms with E-state index in [1.54, 1.807) is 13.4 Å². The van der Waals surface area contributed by atoms with Gasteiger partial charge in [0.25, 0.3) is 0 Å². The van der Waals surface area contributed by atoms with E-state index in [2.05, 4.69) is 25.9 Å². The molecule has 4 N–H and O–H groups in total. The van der Waals surface area contributed by atoms with E-state index in [1.807, 2.05) is 11.6 Å². The predicted molar refractivity (Wildman–Crippen MR) is 64.2 cm³/mol. The molecular weight excluding hydrogens is 222 g/mol. The second-order valence-electron chi connectivity index (χ2n) is 3.40. The molecule has 8 heteroatoms. The standard InChI is InChI=1S/C9H19N7O/c1-16-7-13-15-8(16)3-4-11-9(14-10)12-5-6-17-2/h7H,3-6,10H2,1-2H3,(H2,11,12,14). The molecule has 96 valence electrons. The third-order valence-corrected chi connectivity index (χ3v) is 2.15. The molecule has 1 heterocycles. The topological polar surface area (TPSA) is 102 Å². The van der Waals surface area contributed by atoms with E-state index in [-0.39, 0.29) is 0 Å². The first-order chi connectivity index (χ1) is 8.27. The number of aryl methyl sites for hydroxylation is 1. The van der Waals surface area contributed by atoms with Gasteiger partial charge < -0.3 is 14.6 Å². The largest absolute Gasteiger partial charge is 0.383 e. The normalized spacial score (nSPS) is 11.6. The van der Waals surface area contributed by atoms with Crippen LogP contribution in [0.3, 0.4) is 0 Å². The van der Waals surface area contributed by atoms with Gasteiger partial charge in [0.15, 0.2) is 0 Å². The highest BCUT2D eigenvalue weighted by Gasteiger charge is 2.01. The molecule has 17 heavy (non-hydrogen) atoms. The summed E-state index contributed by atoms with van der Waals surface area (Å²) < 4.78 is 6.77. The monoisotopic (exact) mass is 241 g/mol. The Hall–Kier alpha value is -1.67. The zero-order valence-electron chi connectivity index (χ0n) is 10.2. The van der Waals surface area contributed by atoms with Crippen LogP contribution in [-0.2, 0) is 18.2 Å². The van der Waals surface area contributed by atoms with Gasteiger partial charge in [-0.15, -0.1) is 10.2 Å². The second-order valence-corrected chi connectivity index (χ2v) is 3.40. The number of aliphatic imine (C=N–C) groups is 1. The lowest BCUT2D eigenvalue weighted by molar-refractivity contribution is 0.208. The lowest BCUT2D eigenvalue weighted by atomic mass is 10.4. The fourth-order valence-corrected chi connectivity index (χ4v) is 1.23. The third kappa shape index (κ3) is 4.79. The molecule has 1 aromatic heterocycles. The number of aromatic nitrogens is 3. The Morgan fingerprint density at radius 2 is 2.47 bits per heavy atom. The van der Waals surface area contributed by atoms with Gasteiger partial charge in [-0.1, -0.05) is 0 Å². The van der Waals surface area contributed by atoms with Gasteiger partial charge >= 0.3 is 0 Å². The quantitative estimate of drug-likeness (QED) is 0.182. The summed E-state index contributed by atoms with van der Waals surface area (Å²) >= 11 is 0. The second kappa shape index (κ2) is 7.58. The number of nitrogens with one attached hydrogen (secondary N) is 2. The molecule has 0 aliphatic carbocycles. The molecule has 0 fully saturated rings. The summed E-state index contributed by atoms with van der Waals surface area (Å²) in [7, 11) is 3.54. The van der Waals surface area contributed by atoms with Gasteiger partial charge in [-0.05, 0) is 0 Å². The van der Waals surface area contributed by atoms with Crippen molar-refractivity contribution >= 4 is 5.96 Å². The fraction of sp³-hybridized carbons (Fsp3) is 0.667. The van der Waals surface area contributed by atoms with Crippen molar-refractivity contribution in [1.29, 1.82) is 0 Å². The van der Waals surface area contributed by atoms with E-state index in [9.17, 15) is 0 Å². The highest BCUT2D eigenvalue weighted by Crippen LogP contribution is 1.90. The van der Waals surface area contributed by atoms with E-state index in [0.29, 0.717) is 25.7 Å². The molecule has 0 amide bonds. The molecule has 0 aromatic carbocycles. The Morgan fingerprint density at radius 1 is 1.65 bits per heavy atom. The van der Waals surface area contributed by atoms with Crippen LogP contribution in [0.5, 0.6) is 0 Å². The minimum absolute atomic E-state index is 0.546. The van der Waals surface area contributed by atoms with Crippen LogP contribution in [0.4, 0.5) is 0 Å². The summed E-state index contributed by atoms with van der Waals surface area (Å²) in [5, 5.41) is 10.8. The molecule has 8 nitrogen and oxygen atoms in total. The Morgan fingerprint density at radius 3 is 3.06 bits per heavy atom. The van der Waals surface area contributed by atoms with Crippen molar-refractivity contribution in [1.82, 2.24) is 25.5 Å². The number of rotatable bonds is 6. The zero-order valence-corrected chi connectivity index (χ0v) is 10.2. The number of methoxy groups -OCH3 is 1. The van der Waals surface area contributed by atoms with Crippen molar-refractivity contribution in [3.8, 4) is 0 Å². The number of hydrogen-bond acceptors (Lipinski definition) is 5. The van der Waals surface area contributed by atoms with Crippen molar-refractivity contribution in [2.75, 3.05) is 26.8 Å². The number of nitrogens with zero attached hydrogens (tertiary/aromatic N) is 4. The smallest absolute Gasteiger partial charge is 0.205 e. The van der Waals surface area contributed by atoms with Crippen LogP contribution in [0.2, 0.25) is 0 Å². The zero-order chi connectivity index (χ0) is 12.5. The predicted octanol–water partition coefficient (Wildman–Crippen LogP) is -1.59. The van der Waals surface area contributed by atoms with Crippen molar-refractivity contribution in [2.24, 2.45) is 17.9 Å². The molecule has 0 bridgehead atoms. The van der Waals surface area contributed by atoms with Crippen LogP contribution in [0.25, 0.3) is 0 Å². The summed E-state index contributed by atoms with van der Waals surface area (Å²) in [5.74, 6) is 6.78. The van der Waals surface area contributed by atoms with Gasteiger partial charge in [-0.2, -0.15) is 0 Å². The Labute approximate surface area is 100 Å². The van der Waals surface area contributed by atoms with Gasteiger partial charge in [-0.3, -0.25) is 5.43 Å². The fourth-order valence-electron chi connectivity index (χ4n) is 1.23. The average molecular weight is 241 g/mol. The van der Waals surface area contributed by atoms with Gasteiger partial charge in [0.1, 0.15) is 12.2 Å². The summed E-state index contributed by atoms with van der Waals surface area (Å²) in [4.78, 5) is 4.17. The van der Waals surface area contributed by atoms with Gasteiger partial charge in [0.05, 0.1) is 13.2 Å². The number of ether oxygens (including phenoxy) is 1. The summed E-state index contributed by atoms with van der Waals surface area (Å²) in [6.07, 6.45) is 2.42. The molecule has 0 saturated carbocycles. The summed E-state index contributed by atoms with van der Waals surface area (Å²) in [6.45, 7) is 1.81. The van der Waals surface area contributed by atoms with E-state index >= 15 is 0 Å². The molecule has 0 spiro atoms. The van der Waals surface area contributed by atoms with Crippen molar-refractivity contribution in [3.63, 3.8) is 0 Å². The lowest BCUT2D eigenvalue weighted by Crippen LogP contribution is -2.42. The minimum Gasteiger partial charge on any atom is -0.383 e. The molecular formula is C9H19N7O. The SMILES string of the molecule is COCCN=C(NN)NCCc1nncn1C. The molecule has 1 aromatic rings. The van der Waals surface area contributed by atoms with Crippen LogP contribution >= 0.6 is 0 Å². The van der Waals surface area contributed by atoms with Crippen LogP contribution in [0, 0.1) is 0 Å². The van der Waals surface area contributed by atoms with Crippen molar-refractivity contribution in [2.45, 2.75) is 6.42 Å². The van der Waals surface area contributed by atoms with Crippen LogP contribution in [-0.4, -0.2) is 47.5 Å². The molecule has 0 unspecified atom stereocenters. The van der Waals surface area contributed by atoms with Gasteiger partial charge in [-0.25, -0.2) is 10.8 Å². The molecule has 0 atom stereocenters. The van der Waals surface area contributed by atoms with Gasteiger partial charge in [0.2, 0.25) is 5.96 Å². The van der Waals surface area contributed by atoms with E-state index < -0.39 is 0 Å². The maximum atomic E-state index is 5.33. The first-order valence-electron chi connectivity index (χ1n) is 5.34.